The molecular weight excluding hydrogens is 302 g/mol. The van der Waals surface area contributed by atoms with Crippen LogP contribution in [-0.4, -0.2) is 0 Å². The van der Waals surface area contributed by atoms with Crippen molar-refractivity contribution in [2.75, 3.05) is 0 Å². The van der Waals surface area contributed by atoms with Crippen molar-refractivity contribution in [1.82, 2.24) is 0 Å². The van der Waals surface area contributed by atoms with Crippen LogP contribution in [0.5, 0.6) is 0 Å². The second-order valence-corrected chi connectivity index (χ2v) is 8.07. The van der Waals surface area contributed by atoms with Gasteiger partial charge in [-0.25, -0.2) is 4.57 Å². The Morgan fingerprint density at radius 1 is 0.680 bits per heavy atom. The summed E-state index contributed by atoms with van der Waals surface area (Å²) in [6.07, 6.45) is 23.9. The molecule has 1 aromatic rings. The van der Waals surface area contributed by atoms with Crippen molar-refractivity contribution in [3.05, 3.63) is 29.6 Å². The van der Waals surface area contributed by atoms with E-state index in [1.54, 1.807) is 11.1 Å². The second-order valence-electron chi connectivity index (χ2n) is 8.07. The Hall–Kier alpha value is -0.850. The summed E-state index contributed by atoms with van der Waals surface area (Å²) in [5.41, 5.74) is 3.22. The van der Waals surface area contributed by atoms with Crippen molar-refractivity contribution in [3.63, 3.8) is 0 Å². The van der Waals surface area contributed by atoms with Crippen LogP contribution >= 0.6 is 0 Å². The monoisotopic (exact) mass is 346 g/mol. The summed E-state index contributed by atoms with van der Waals surface area (Å²) >= 11 is 0. The molecule has 1 nitrogen and oxygen atoms in total. The molecule has 1 heterocycles. The first kappa shape index (κ1) is 22.2. The third-order valence-electron chi connectivity index (χ3n) is 5.36. The van der Waals surface area contributed by atoms with Crippen LogP contribution in [0.3, 0.4) is 0 Å². The standard InChI is InChI=1S/C24H44N/c1-5-7-9-11-13-15-17-23-19-20-25(22(3)4)21-24(23)18-16-14-12-10-8-6-2/h19-22H,5-18H2,1-4H3/q+1. The first-order valence-corrected chi connectivity index (χ1v) is 11.2. The minimum atomic E-state index is 0.561. The molecule has 0 aliphatic carbocycles. The van der Waals surface area contributed by atoms with Gasteiger partial charge in [0.25, 0.3) is 0 Å². The summed E-state index contributed by atoms with van der Waals surface area (Å²) < 4.78 is 2.39. The Morgan fingerprint density at radius 2 is 1.16 bits per heavy atom. The summed E-state index contributed by atoms with van der Waals surface area (Å²) in [6.45, 7) is 9.15. The number of nitrogens with zero attached hydrogens (tertiary/aromatic N) is 1. The number of pyridine rings is 1. The quantitative estimate of drug-likeness (QED) is 0.231. The number of hydrogen-bond donors (Lipinski definition) is 0. The van der Waals surface area contributed by atoms with Gasteiger partial charge in [0.1, 0.15) is 0 Å². The van der Waals surface area contributed by atoms with Crippen molar-refractivity contribution in [2.24, 2.45) is 0 Å². The number of aryl methyl sites for hydroxylation is 2. The van der Waals surface area contributed by atoms with Gasteiger partial charge in [0, 0.05) is 11.6 Å². The lowest BCUT2D eigenvalue weighted by atomic mass is 9.98. The molecule has 144 valence electrons. The molecule has 0 bridgehead atoms. The Labute approximate surface area is 158 Å². The molecule has 0 spiro atoms. The van der Waals surface area contributed by atoms with Crippen molar-refractivity contribution in [1.29, 1.82) is 0 Å². The highest BCUT2D eigenvalue weighted by Gasteiger charge is 2.11. The van der Waals surface area contributed by atoms with Crippen LogP contribution < -0.4 is 4.57 Å². The molecule has 0 amide bonds. The van der Waals surface area contributed by atoms with Gasteiger partial charge in [0.15, 0.2) is 18.4 Å². The normalized spacial score (nSPS) is 11.4. The van der Waals surface area contributed by atoms with Gasteiger partial charge in [-0.05, 0) is 45.1 Å². The van der Waals surface area contributed by atoms with Crippen LogP contribution in [0.1, 0.15) is 122 Å². The van der Waals surface area contributed by atoms with Crippen LogP contribution in [0, 0.1) is 0 Å². The van der Waals surface area contributed by atoms with Crippen LogP contribution in [0.2, 0.25) is 0 Å². The molecule has 0 radical (unpaired) electrons. The SMILES string of the molecule is CCCCCCCCc1cc[n+](C(C)C)cc1CCCCCCCC. The molecule has 0 fully saturated rings. The zero-order chi connectivity index (χ0) is 18.3. The molecule has 1 aromatic heterocycles. The van der Waals surface area contributed by atoms with Gasteiger partial charge in [-0.3, -0.25) is 0 Å². The molecule has 0 saturated heterocycles. The van der Waals surface area contributed by atoms with Crippen molar-refractivity contribution in [2.45, 2.75) is 124 Å². The fourth-order valence-electron chi connectivity index (χ4n) is 3.57. The van der Waals surface area contributed by atoms with E-state index in [9.17, 15) is 0 Å². The minimum absolute atomic E-state index is 0.561. The Bertz CT molecular complexity index is 436. The van der Waals surface area contributed by atoms with Crippen LogP contribution in [0.25, 0.3) is 0 Å². The highest BCUT2D eigenvalue weighted by Crippen LogP contribution is 2.17. The van der Waals surface area contributed by atoms with E-state index >= 15 is 0 Å². The maximum atomic E-state index is 2.43. The van der Waals surface area contributed by atoms with Gasteiger partial charge in [0.05, 0.1) is 0 Å². The fraction of sp³-hybridized carbons (Fsp3) is 0.792. The summed E-state index contributed by atoms with van der Waals surface area (Å²) in [7, 11) is 0. The first-order chi connectivity index (χ1) is 12.2. The van der Waals surface area contributed by atoms with Gasteiger partial charge in [-0.15, -0.1) is 0 Å². The van der Waals surface area contributed by atoms with E-state index in [4.69, 9.17) is 0 Å². The van der Waals surface area contributed by atoms with E-state index in [2.05, 4.69) is 50.7 Å². The highest BCUT2D eigenvalue weighted by atomic mass is 15.0. The highest BCUT2D eigenvalue weighted by molar-refractivity contribution is 5.21. The Kier molecular flexibility index (Phi) is 12.7. The molecule has 0 aromatic carbocycles. The van der Waals surface area contributed by atoms with Crippen LogP contribution in [-0.2, 0) is 12.8 Å². The molecule has 1 rings (SSSR count). The predicted molar refractivity (Wildman–Crippen MR) is 111 cm³/mol. The summed E-state index contributed by atoms with van der Waals surface area (Å²) in [5, 5.41) is 0. The molecule has 1 heteroatoms. The molecular formula is C24H44N+. The largest absolute Gasteiger partial charge is 0.203 e. The van der Waals surface area contributed by atoms with Crippen LogP contribution in [0.15, 0.2) is 18.5 Å². The zero-order valence-electron chi connectivity index (χ0n) is 17.7. The Morgan fingerprint density at radius 3 is 1.68 bits per heavy atom. The van der Waals surface area contributed by atoms with Gasteiger partial charge in [0.2, 0.25) is 0 Å². The second kappa shape index (κ2) is 14.3. The lowest BCUT2D eigenvalue weighted by Gasteiger charge is -2.10. The third kappa shape index (κ3) is 10.0. The topological polar surface area (TPSA) is 3.88 Å². The maximum Gasteiger partial charge on any atom is 0.172 e. The van der Waals surface area contributed by atoms with E-state index in [1.807, 2.05) is 0 Å². The van der Waals surface area contributed by atoms with Crippen LogP contribution in [0.4, 0.5) is 0 Å². The van der Waals surface area contributed by atoms with Gasteiger partial charge >= 0.3 is 0 Å². The number of rotatable bonds is 15. The minimum Gasteiger partial charge on any atom is -0.203 e. The molecule has 0 atom stereocenters. The van der Waals surface area contributed by atoms with E-state index < -0.39 is 0 Å². The molecule has 0 saturated carbocycles. The maximum absolute atomic E-state index is 2.43. The van der Waals surface area contributed by atoms with E-state index in [0.717, 1.165) is 0 Å². The third-order valence-corrected chi connectivity index (χ3v) is 5.36. The number of unbranched alkanes of at least 4 members (excludes halogenated alkanes) is 10. The lowest BCUT2D eigenvalue weighted by Crippen LogP contribution is -2.36. The van der Waals surface area contributed by atoms with E-state index in [-0.39, 0.29) is 0 Å². The number of aromatic nitrogens is 1. The molecule has 0 unspecified atom stereocenters. The first-order valence-electron chi connectivity index (χ1n) is 11.2. The van der Waals surface area contributed by atoms with E-state index in [1.165, 1.54) is 89.9 Å². The summed E-state index contributed by atoms with van der Waals surface area (Å²) in [4.78, 5) is 0. The van der Waals surface area contributed by atoms with Gasteiger partial charge in [-0.1, -0.05) is 78.1 Å². The average Bonchev–Trinajstić information content (AvgIpc) is 2.61. The zero-order valence-corrected chi connectivity index (χ0v) is 17.7. The molecule has 0 aliphatic rings. The van der Waals surface area contributed by atoms with Crippen molar-refractivity contribution in [3.8, 4) is 0 Å². The molecule has 0 aliphatic heterocycles. The molecule has 0 N–H and O–H groups in total. The van der Waals surface area contributed by atoms with Crippen molar-refractivity contribution >= 4 is 0 Å². The smallest absolute Gasteiger partial charge is 0.172 e. The van der Waals surface area contributed by atoms with Crippen molar-refractivity contribution < 1.29 is 4.57 Å². The lowest BCUT2D eigenvalue weighted by molar-refractivity contribution is -0.716. The van der Waals surface area contributed by atoms with Gasteiger partial charge in [-0.2, -0.15) is 0 Å². The summed E-state index contributed by atoms with van der Waals surface area (Å²) in [5.74, 6) is 0. The Balaban J connectivity index is 2.48. The predicted octanol–water partition coefficient (Wildman–Crippen LogP) is 7.36. The average molecular weight is 347 g/mol. The molecule has 25 heavy (non-hydrogen) atoms. The number of hydrogen-bond acceptors (Lipinski definition) is 0. The van der Waals surface area contributed by atoms with E-state index in [0.29, 0.717) is 6.04 Å². The fourth-order valence-corrected chi connectivity index (χ4v) is 3.57. The van der Waals surface area contributed by atoms with Gasteiger partial charge < -0.3 is 0 Å². The summed E-state index contributed by atoms with van der Waals surface area (Å²) in [6, 6.07) is 2.96.